The van der Waals surface area contributed by atoms with Gasteiger partial charge >= 0.3 is 5.97 Å². The minimum atomic E-state index is -0.488. The van der Waals surface area contributed by atoms with Crippen LogP contribution in [-0.4, -0.2) is 59.4 Å². The molecule has 0 aromatic rings. The van der Waals surface area contributed by atoms with Crippen molar-refractivity contribution in [1.82, 2.24) is 10.2 Å². The van der Waals surface area contributed by atoms with E-state index in [0.29, 0.717) is 18.9 Å². The highest BCUT2D eigenvalue weighted by Gasteiger charge is 2.45. The van der Waals surface area contributed by atoms with Crippen LogP contribution in [0.25, 0.3) is 0 Å². The lowest BCUT2D eigenvalue weighted by molar-refractivity contribution is -0.250. The average molecular weight is 370 g/mol. The maximum absolute atomic E-state index is 13.2. The Balaban J connectivity index is 2.06. The summed E-state index contributed by atoms with van der Waals surface area (Å²) in [5, 5.41) is 12.1. The molecule has 1 aliphatic heterocycles. The molecule has 2 N–H and O–H groups in total. The average Bonchev–Trinajstić information content (AvgIpc) is 2.99. The second-order valence-electron chi connectivity index (χ2n) is 7.52. The highest BCUT2D eigenvalue weighted by molar-refractivity contribution is 5.84. The van der Waals surface area contributed by atoms with Crippen LogP contribution in [0.3, 0.4) is 0 Å². The third kappa shape index (κ3) is 4.96. The monoisotopic (exact) mass is 370 g/mol. The zero-order valence-corrected chi connectivity index (χ0v) is 16.3. The van der Waals surface area contributed by atoms with E-state index in [2.05, 4.69) is 10.2 Å². The zero-order chi connectivity index (χ0) is 19.1. The van der Waals surface area contributed by atoms with Crippen molar-refractivity contribution in [1.29, 1.82) is 0 Å². The second-order valence-corrected chi connectivity index (χ2v) is 7.52. The molecule has 1 heterocycles. The molecule has 2 rings (SSSR count). The van der Waals surface area contributed by atoms with Crippen molar-refractivity contribution in [3.63, 3.8) is 0 Å². The fourth-order valence-electron chi connectivity index (χ4n) is 4.54. The van der Waals surface area contributed by atoms with Gasteiger partial charge in [0, 0.05) is 6.04 Å². The number of fused-ring (bicyclic) bond motifs is 1. The van der Waals surface area contributed by atoms with Gasteiger partial charge in [-0.2, -0.15) is 0 Å². The van der Waals surface area contributed by atoms with Gasteiger partial charge in [0.1, 0.15) is 12.6 Å². The third-order valence-corrected chi connectivity index (χ3v) is 5.69. The summed E-state index contributed by atoms with van der Waals surface area (Å²) in [6, 6.07) is -0.848. The molecule has 3 unspecified atom stereocenters. The first kappa shape index (κ1) is 21.1. The first-order chi connectivity index (χ1) is 12.5. The standard InChI is InChI=1S/C19H34N2O5/c1-4-8-16(19(23)25-5-2)20-13(3)18(22)21-15(12-26-24)11-14-9-6-7-10-17(14)21/h13-17,20,24H,4-12H2,1-3H3/t13-,14?,15-,16?,17?/m0/s1. The van der Waals surface area contributed by atoms with Crippen molar-refractivity contribution in [2.24, 2.45) is 5.92 Å². The molecule has 2 aliphatic rings. The van der Waals surface area contributed by atoms with E-state index in [1.807, 2.05) is 11.8 Å². The number of ether oxygens (including phenoxy) is 1. The molecule has 0 bridgehead atoms. The highest BCUT2D eigenvalue weighted by atomic mass is 17.1. The van der Waals surface area contributed by atoms with Crippen LogP contribution in [-0.2, 0) is 19.2 Å². The molecule has 0 spiro atoms. The Kier molecular flexibility index (Phi) is 8.31. The summed E-state index contributed by atoms with van der Waals surface area (Å²) in [5.41, 5.74) is 0. The van der Waals surface area contributed by atoms with E-state index in [1.54, 1.807) is 13.8 Å². The van der Waals surface area contributed by atoms with Gasteiger partial charge in [0.2, 0.25) is 5.91 Å². The van der Waals surface area contributed by atoms with E-state index >= 15 is 0 Å². The molecule has 5 atom stereocenters. The van der Waals surface area contributed by atoms with Crippen LogP contribution in [0.1, 0.15) is 65.7 Å². The predicted octanol–water partition coefficient (Wildman–Crippen LogP) is 2.35. The summed E-state index contributed by atoms with van der Waals surface area (Å²) < 4.78 is 5.13. The van der Waals surface area contributed by atoms with E-state index < -0.39 is 12.1 Å². The summed E-state index contributed by atoms with van der Waals surface area (Å²) in [5.74, 6) is 0.157. The van der Waals surface area contributed by atoms with Crippen LogP contribution in [0.15, 0.2) is 0 Å². The Morgan fingerprint density at radius 1 is 1.27 bits per heavy atom. The topological polar surface area (TPSA) is 88.1 Å². The number of esters is 1. The van der Waals surface area contributed by atoms with E-state index in [0.717, 1.165) is 32.1 Å². The van der Waals surface area contributed by atoms with Gasteiger partial charge in [-0.05, 0) is 45.4 Å². The summed E-state index contributed by atoms with van der Waals surface area (Å²) in [7, 11) is 0. The molecule has 7 nitrogen and oxygen atoms in total. The molecule has 1 aliphatic carbocycles. The maximum Gasteiger partial charge on any atom is 0.323 e. The third-order valence-electron chi connectivity index (χ3n) is 5.69. The number of nitrogens with zero attached hydrogens (tertiary/aromatic N) is 1. The van der Waals surface area contributed by atoms with Gasteiger partial charge in [-0.3, -0.25) is 20.2 Å². The molecule has 0 radical (unpaired) electrons. The first-order valence-corrected chi connectivity index (χ1v) is 10.0. The van der Waals surface area contributed by atoms with Crippen LogP contribution in [0.4, 0.5) is 0 Å². The van der Waals surface area contributed by atoms with Crippen LogP contribution < -0.4 is 5.32 Å². The Morgan fingerprint density at radius 2 is 2.00 bits per heavy atom. The number of hydrogen-bond donors (Lipinski definition) is 2. The Labute approximate surface area is 156 Å². The molecule has 150 valence electrons. The van der Waals surface area contributed by atoms with Gasteiger partial charge in [-0.25, -0.2) is 4.89 Å². The van der Waals surface area contributed by atoms with Crippen molar-refractivity contribution >= 4 is 11.9 Å². The zero-order valence-electron chi connectivity index (χ0n) is 16.3. The fourth-order valence-corrected chi connectivity index (χ4v) is 4.54. The molecular weight excluding hydrogens is 336 g/mol. The fraction of sp³-hybridized carbons (Fsp3) is 0.895. The Bertz CT molecular complexity index is 473. The van der Waals surface area contributed by atoms with E-state index in [9.17, 15) is 9.59 Å². The van der Waals surface area contributed by atoms with Crippen LogP contribution in [0, 0.1) is 5.92 Å². The SMILES string of the molecule is CCCC(N[C@@H](C)C(=O)N1C2CCCCC2C[C@H]1COO)C(=O)OCC. The molecule has 1 saturated heterocycles. The van der Waals surface area contributed by atoms with Crippen molar-refractivity contribution in [3.05, 3.63) is 0 Å². The lowest BCUT2D eigenvalue weighted by Crippen LogP contribution is -2.55. The van der Waals surface area contributed by atoms with Crippen LogP contribution in [0.2, 0.25) is 0 Å². The summed E-state index contributed by atoms with van der Waals surface area (Å²) >= 11 is 0. The second kappa shape index (κ2) is 10.2. The van der Waals surface area contributed by atoms with Crippen molar-refractivity contribution < 1.29 is 24.5 Å². The number of nitrogens with one attached hydrogen (secondary N) is 1. The maximum atomic E-state index is 13.2. The summed E-state index contributed by atoms with van der Waals surface area (Å²) in [6.45, 7) is 6.05. The molecule has 7 heteroatoms. The quantitative estimate of drug-likeness (QED) is 0.368. The summed E-state index contributed by atoms with van der Waals surface area (Å²) in [6.07, 6.45) is 6.78. The molecule has 0 aromatic heterocycles. The molecular formula is C19H34N2O5. The van der Waals surface area contributed by atoms with Gasteiger partial charge in [0.05, 0.1) is 18.7 Å². The van der Waals surface area contributed by atoms with Crippen molar-refractivity contribution in [3.8, 4) is 0 Å². The van der Waals surface area contributed by atoms with Crippen LogP contribution in [0.5, 0.6) is 0 Å². The Morgan fingerprint density at radius 3 is 2.65 bits per heavy atom. The van der Waals surface area contributed by atoms with Gasteiger partial charge in [0.15, 0.2) is 0 Å². The number of rotatable bonds is 9. The first-order valence-electron chi connectivity index (χ1n) is 10.0. The van der Waals surface area contributed by atoms with E-state index in [4.69, 9.17) is 9.99 Å². The predicted molar refractivity (Wildman–Crippen MR) is 97.5 cm³/mol. The molecule has 0 aromatic carbocycles. The van der Waals surface area contributed by atoms with Crippen molar-refractivity contribution in [2.75, 3.05) is 13.2 Å². The normalized spacial score (nSPS) is 27.7. The number of hydrogen-bond acceptors (Lipinski definition) is 6. The van der Waals surface area contributed by atoms with Crippen molar-refractivity contribution in [2.45, 2.75) is 89.9 Å². The summed E-state index contributed by atoms with van der Waals surface area (Å²) in [4.78, 5) is 31.6. The molecule has 1 amide bonds. The minimum absolute atomic E-state index is 0.0214. The Hall–Kier alpha value is -1.18. The van der Waals surface area contributed by atoms with Gasteiger partial charge in [-0.15, -0.1) is 0 Å². The number of carbonyl (C=O) groups is 2. The largest absolute Gasteiger partial charge is 0.465 e. The van der Waals surface area contributed by atoms with E-state index in [-0.39, 0.29) is 30.6 Å². The van der Waals surface area contributed by atoms with Crippen LogP contribution >= 0.6 is 0 Å². The van der Waals surface area contributed by atoms with E-state index in [1.165, 1.54) is 6.42 Å². The smallest absolute Gasteiger partial charge is 0.323 e. The van der Waals surface area contributed by atoms with Gasteiger partial charge in [-0.1, -0.05) is 26.2 Å². The van der Waals surface area contributed by atoms with Gasteiger partial charge in [0.25, 0.3) is 0 Å². The number of amides is 1. The number of carbonyl (C=O) groups excluding carboxylic acids is 2. The number of likely N-dealkylation sites (tertiary alicyclic amines) is 1. The highest BCUT2D eigenvalue weighted by Crippen LogP contribution is 2.40. The molecule has 1 saturated carbocycles. The minimum Gasteiger partial charge on any atom is -0.465 e. The van der Waals surface area contributed by atoms with Gasteiger partial charge < -0.3 is 9.64 Å². The lowest BCUT2D eigenvalue weighted by Gasteiger charge is -2.36. The lowest BCUT2D eigenvalue weighted by atomic mass is 9.84. The molecule has 26 heavy (non-hydrogen) atoms. The molecule has 2 fully saturated rings.